The number of rotatable bonds is 80. The second-order valence-corrected chi connectivity index (χ2v) is 31.3. The smallest absolute Gasteiger partial charge is 0.462 e. The molecular weight excluding hydrogens is 1400 g/mol. The van der Waals surface area contributed by atoms with Gasteiger partial charge in [-0.05, 0) is 167 Å². The first kappa shape index (κ1) is 103. The zero-order valence-corrected chi connectivity index (χ0v) is 70.0. The molecule has 0 aliphatic rings. The summed E-state index contributed by atoms with van der Waals surface area (Å²) in [5.74, 6) is -2.22. The predicted octanol–water partition coefficient (Wildman–Crippen LogP) is 25.5. The standard InChI is InChI=1S/C89H154O17P2/c1-5-9-13-17-21-25-29-33-37-39-41-43-47-49-53-57-61-65-69-73-86(91)99-79-84(105-88(93)75-71-67-63-59-55-51-45-35-31-27-23-19-15-11-7-3)81-103-107(95,96)101-77-83(90)78-102-108(97,98)104-82-85(106-89(94)76-72-68-64-60-56-52-46-36-32-28-24-20-16-12-8-4)80-100-87(92)74-70-66-62-58-54-50-48-44-42-40-38-34-30-26-22-18-14-10-6-2/h21-28,33-38,41-46,83-85,90H,5-20,29-32,39-40,47-82H2,1-4H3,(H,95,96)(H,97,98)/b25-21-,26-22-,27-23-,28-24-,37-33-,38-34-,43-41-,44-42-,45-35-,46-36-. The van der Waals surface area contributed by atoms with Gasteiger partial charge in [-0.2, -0.15) is 0 Å². The summed E-state index contributed by atoms with van der Waals surface area (Å²) in [6.07, 6.45) is 90.0. The van der Waals surface area contributed by atoms with Crippen LogP contribution in [0.2, 0.25) is 0 Å². The fourth-order valence-electron chi connectivity index (χ4n) is 11.3. The Morgan fingerprint density at radius 1 is 0.259 bits per heavy atom. The normalized spacial score (nSPS) is 14.4. The highest BCUT2D eigenvalue weighted by atomic mass is 31.2. The number of carbonyl (C=O) groups excluding carboxylic acids is 4. The first-order valence-electron chi connectivity index (χ1n) is 42.8. The molecule has 108 heavy (non-hydrogen) atoms. The van der Waals surface area contributed by atoms with Gasteiger partial charge in [0.15, 0.2) is 12.2 Å². The van der Waals surface area contributed by atoms with E-state index in [0.29, 0.717) is 25.7 Å². The monoisotopic (exact) mass is 1560 g/mol. The van der Waals surface area contributed by atoms with E-state index in [-0.39, 0.29) is 25.7 Å². The van der Waals surface area contributed by atoms with Crippen LogP contribution in [-0.2, 0) is 65.4 Å². The highest BCUT2D eigenvalue weighted by Crippen LogP contribution is 2.45. The van der Waals surface area contributed by atoms with Gasteiger partial charge >= 0.3 is 39.5 Å². The topological polar surface area (TPSA) is 237 Å². The average Bonchev–Trinajstić information content (AvgIpc) is 0.923. The Kier molecular flexibility index (Phi) is 77.1. The highest BCUT2D eigenvalue weighted by molar-refractivity contribution is 7.47. The third-order valence-corrected chi connectivity index (χ3v) is 19.8. The number of phosphoric acid groups is 2. The minimum absolute atomic E-state index is 0.0741. The van der Waals surface area contributed by atoms with Crippen LogP contribution < -0.4 is 0 Å². The average molecular weight is 1560 g/mol. The van der Waals surface area contributed by atoms with Gasteiger partial charge in [0.05, 0.1) is 26.4 Å². The molecule has 622 valence electrons. The van der Waals surface area contributed by atoms with Crippen molar-refractivity contribution in [2.75, 3.05) is 39.6 Å². The lowest BCUT2D eigenvalue weighted by Crippen LogP contribution is -2.30. The van der Waals surface area contributed by atoms with Gasteiger partial charge < -0.3 is 33.8 Å². The van der Waals surface area contributed by atoms with Crippen LogP contribution in [0.1, 0.15) is 362 Å². The van der Waals surface area contributed by atoms with Crippen molar-refractivity contribution in [3.8, 4) is 0 Å². The molecule has 0 radical (unpaired) electrons. The zero-order valence-electron chi connectivity index (χ0n) is 68.2. The Balaban J connectivity index is 5.40. The first-order chi connectivity index (χ1) is 52.7. The molecule has 0 rings (SSSR count). The molecule has 0 aromatic rings. The van der Waals surface area contributed by atoms with Gasteiger partial charge in [-0.1, -0.05) is 290 Å². The van der Waals surface area contributed by atoms with Crippen LogP contribution in [0.25, 0.3) is 0 Å². The van der Waals surface area contributed by atoms with Crippen LogP contribution in [0, 0.1) is 0 Å². The van der Waals surface area contributed by atoms with Crippen molar-refractivity contribution in [3.63, 3.8) is 0 Å². The quantitative estimate of drug-likeness (QED) is 0.0169. The summed E-state index contributed by atoms with van der Waals surface area (Å²) in [7, 11) is -9.98. The lowest BCUT2D eigenvalue weighted by molar-refractivity contribution is -0.161. The largest absolute Gasteiger partial charge is 0.472 e. The van der Waals surface area contributed by atoms with Gasteiger partial charge in [0.2, 0.25) is 0 Å². The minimum Gasteiger partial charge on any atom is -0.462 e. The van der Waals surface area contributed by atoms with Crippen molar-refractivity contribution in [3.05, 3.63) is 122 Å². The molecule has 0 amide bonds. The summed E-state index contributed by atoms with van der Waals surface area (Å²) in [5, 5.41) is 10.7. The summed E-state index contributed by atoms with van der Waals surface area (Å²) in [6, 6.07) is 0. The molecule has 0 saturated carbocycles. The van der Waals surface area contributed by atoms with Crippen molar-refractivity contribution in [2.45, 2.75) is 380 Å². The van der Waals surface area contributed by atoms with Crippen molar-refractivity contribution in [1.29, 1.82) is 0 Å². The summed E-state index contributed by atoms with van der Waals surface area (Å²) >= 11 is 0. The maximum absolute atomic E-state index is 13.1. The SMILES string of the molecule is CCCCC/C=C\C/C=C\C/C=C\CCCCCCCCC(=O)OCC(COP(=O)(O)OCC(O)COP(=O)(O)OCC(COC(=O)CCCCCCCC/C=C\C/C=C\C/C=C\CCCCC)OC(=O)CCCCCCC/C=C\C/C=C\CCCCC)OC(=O)CCCCCCC/C=C\C/C=C\CCCCC. The number of ether oxygens (including phenoxy) is 4. The maximum Gasteiger partial charge on any atom is 0.472 e. The van der Waals surface area contributed by atoms with E-state index in [2.05, 4.69) is 149 Å². The number of allylic oxidation sites excluding steroid dienone is 20. The van der Waals surface area contributed by atoms with Gasteiger partial charge in [-0.3, -0.25) is 37.3 Å². The second kappa shape index (κ2) is 80.5. The van der Waals surface area contributed by atoms with Gasteiger partial charge in [0.1, 0.15) is 19.3 Å². The number of carbonyl (C=O) groups is 4. The van der Waals surface area contributed by atoms with Crippen LogP contribution in [0.5, 0.6) is 0 Å². The lowest BCUT2D eigenvalue weighted by Gasteiger charge is -2.21. The number of phosphoric ester groups is 2. The molecule has 0 saturated heterocycles. The van der Waals surface area contributed by atoms with Crippen LogP contribution in [0.3, 0.4) is 0 Å². The lowest BCUT2D eigenvalue weighted by atomic mass is 10.1. The Bertz CT molecular complexity index is 2350. The first-order valence-corrected chi connectivity index (χ1v) is 45.8. The molecule has 19 heteroatoms. The van der Waals surface area contributed by atoms with E-state index in [0.717, 1.165) is 205 Å². The number of aliphatic hydroxyl groups is 1. The van der Waals surface area contributed by atoms with Gasteiger partial charge in [-0.25, -0.2) is 9.13 Å². The molecule has 0 aromatic heterocycles. The molecule has 3 N–H and O–H groups in total. The van der Waals surface area contributed by atoms with Crippen LogP contribution >= 0.6 is 15.6 Å². The van der Waals surface area contributed by atoms with Crippen molar-refractivity contribution >= 4 is 39.5 Å². The number of hydrogen-bond donors (Lipinski definition) is 3. The van der Waals surface area contributed by atoms with E-state index in [1.807, 2.05) is 0 Å². The van der Waals surface area contributed by atoms with E-state index in [1.165, 1.54) is 77.0 Å². The Morgan fingerprint density at radius 3 is 0.694 bits per heavy atom. The fourth-order valence-corrected chi connectivity index (χ4v) is 12.9. The molecule has 0 fully saturated rings. The van der Waals surface area contributed by atoms with Crippen molar-refractivity contribution < 1.29 is 80.2 Å². The summed E-state index contributed by atoms with van der Waals surface area (Å²) in [6.45, 7) is 4.75. The van der Waals surface area contributed by atoms with E-state index in [9.17, 15) is 43.2 Å². The van der Waals surface area contributed by atoms with E-state index in [1.54, 1.807) is 0 Å². The Labute approximate surface area is 657 Å². The number of hydrogen-bond acceptors (Lipinski definition) is 15. The van der Waals surface area contributed by atoms with Crippen LogP contribution in [0.15, 0.2) is 122 Å². The van der Waals surface area contributed by atoms with Crippen molar-refractivity contribution in [2.24, 2.45) is 0 Å². The zero-order chi connectivity index (χ0) is 78.9. The second-order valence-electron chi connectivity index (χ2n) is 28.4. The number of aliphatic hydroxyl groups excluding tert-OH is 1. The molecule has 0 aliphatic carbocycles. The molecule has 0 heterocycles. The van der Waals surface area contributed by atoms with Crippen LogP contribution in [-0.4, -0.2) is 96.7 Å². The molecule has 17 nitrogen and oxygen atoms in total. The predicted molar refractivity (Wildman–Crippen MR) is 445 cm³/mol. The molecular formula is C89H154O17P2. The summed E-state index contributed by atoms with van der Waals surface area (Å²) in [5.41, 5.74) is 0. The fraction of sp³-hybridized carbons (Fsp3) is 0.730. The Morgan fingerprint density at radius 2 is 0.454 bits per heavy atom. The van der Waals surface area contributed by atoms with Gasteiger partial charge in [-0.15, -0.1) is 0 Å². The van der Waals surface area contributed by atoms with Gasteiger partial charge in [0, 0.05) is 25.7 Å². The third kappa shape index (κ3) is 79.5. The number of esters is 4. The van der Waals surface area contributed by atoms with Crippen LogP contribution in [0.4, 0.5) is 0 Å². The maximum atomic E-state index is 13.1. The highest BCUT2D eigenvalue weighted by Gasteiger charge is 2.30. The van der Waals surface area contributed by atoms with E-state index in [4.69, 9.17) is 37.0 Å². The molecule has 0 bridgehead atoms. The minimum atomic E-state index is -4.99. The molecule has 4 unspecified atom stereocenters. The van der Waals surface area contributed by atoms with E-state index >= 15 is 0 Å². The molecule has 4 atom stereocenters. The summed E-state index contributed by atoms with van der Waals surface area (Å²) in [4.78, 5) is 73.2. The third-order valence-electron chi connectivity index (χ3n) is 17.9. The van der Waals surface area contributed by atoms with E-state index < -0.39 is 97.5 Å². The molecule has 0 aliphatic heterocycles. The summed E-state index contributed by atoms with van der Waals surface area (Å²) < 4.78 is 68.8. The van der Waals surface area contributed by atoms with Gasteiger partial charge in [0.25, 0.3) is 0 Å². The number of unbranched alkanes of at least 4 members (excludes halogenated alkanes) is 34. The molecule has 0 aromatic carbocycles. The Hall–Kier alpha value is -4.54. The molecule has 0 spiro atoms. The van der Waals surface area contributed by atoms with Crippen molar-refractivity contribution in [1.82, 2.24) is 0 Å².